The molecule has 1 aliphatic rings. The normalized spacial score (nSPS) is 18.4. The smallest absolute Gasteiger partial charge is 0.408 e. The van der Waals surface area contributed by atoms with Crippen LogP contribution in [0.3, 0.4) is 0 Å². The molecule has 4 atom stereocenters. The largest absolute Gasteiger partial charge is 0.508 e. The maximum absolute atomic E-state index is 14.0. The summed E-state index contributed by atoms with van der Waals surface area (Å²) in [7, 11) is 0. The summed E-state index contributed by atoms with van der Waals surface area (Å²) in [5, 5.41) is 15.7. The molecule has 0 bridgehead atoms. The maximum Gasteiger partial charge on any atom is 0.408 e. The highest BCUT2D eigenvalue weighted by Gasteiger charge is 2.48. The van der Waals surface area contributed by atoms with Gasteiger partial charge in [-0.15, -0.1) is 0 Å². The van der Waals surface area contributed by atoms with Gasteiger partial charge in [0.2, 0.25) is 5.91 Å². The van der Waals surface area contributed by atoms with Crippen molar-refractivity contribution in [3.63, 3.8) is 0 Å². The molecule has 4 unspecified atom stereocenters. The SMILES string of the molecule is Cc1cc(C(C(=O)Nc2ccccc2C)N(C(=O)C(CS)NC(=O)OC(C)(C)C)C2CC2C)ccc1O. The Kier molecular flexibility index (Phi) is 8.79. The van der Waals surface area contributed by atoms with Crippen molar-refractivity contribution in [3.8, 4) is 5.75 Å². The van der Waals surface area contributed by atoms with E-state index in [2.05, 4.69) is 23.3 Å². The van der Waals surface area contributed by atoms with Gasteiger partial charge in [0, 0.05) is 17.5 Å². The zero-order valence-corrected chi connectivity index (χ0v) is 23.1. The number of ether oxygens (including phenoxy) is 1. The Morgan fingerprint density at radius 1 is 1.14 bits per heavy atom. The van der Waals surface area contributed by atoms with E-state index in [9.17, 15) is 19.5 Å². The predicted molar refractivity (Wildman–Crippen MR) is 147 cm³/mol. The van der Waals surface area contributed by atoms with E-state index in [1.165, 1.54) is 6.07 Å². The van der Waals surface area contributed by atoms with Gasteiger partial charge in [-0.05, 0) is 81.8 Å². The molecule has 0 aliphatic heterocycles. The number of aryl methyl sites for hydroxylation is 2. The zero-order chi connectivity index (χ0) is 27.5. The number of hydrogen-bond acceptors (Lipinski definition) is 6. The molecule has 0 saturated heterocycles. The summed E-state index contributed by atoms with van der Waals surface area (Å²) in [6.07, 6.45) is -0.00652. The molecular formula is C28H37N3O5S. The molecule has 1 saturated carbocycles. The standard InChI is InChI=1S/C28H37N3O5S/c1-16-9-7-8-10-20(16)29-25(33)24(19-11-12-23(32)18(3)13-19)31(22-14-17(22)2)26(34)21(15-37)30-27(35)36-28(4,5)6/h7-13,17,21-22,24,32,37H,14-15H2,1-6H3,(H,29,33)(H,30,35). The van der Waals surface area contributed by atoms with E-state index in [0.29, 0.717) is 16.8 Å². The van der Waals surface area contributed by atoms with E-state index in [-0.39, 0.29) is 29.4 Å². The van der Waals surface area contributed by atoms with E-state index in [1.807, 2.05) is 32.0 Å². The second kappa shape index (κ2) is 11.5. The average molecular weight is 528 g/mol. The molecule has 37 heavy (non-hydrogen) atoms. The number of phenolic OH excluding ortho intramolecular Hbond substituents is 1. The summed E-state index contributed by atoms with van der Waals surface area (Å²) in [6, 6.07) is 10.1. The Bertz CT molecular complexity index is 1160. The van der Waals surface area contributed by atoms with E-state index in [0.717, 1.165) is 12.0 Å². The molecule has 0 spiro atoms. The quantitative estimate of drug-likeness (QED) is 0.371. The molecule has 0 heterocycles. The fourth-order valence-corrected chi connectivity index (χ4v) is 4.44. The molecule has 1 fully saturated rings. The Hall–Kier alpha value is -3.20. The van der Waals surface area contributed by atoms with Gasteiger partial charge in [0.05, 0.1) is 0 Å². The number of nitrogens with zero attached hydrogens (tertiary/aromatic N) is 1. The number of alkyl carbamates (subject to hydrolysis) is 1. The molecule has 0 aromatic heterocycles. The van der Waals surface area contributed by atoms with Crippen LogP contribution in [0.5, 0.6) is 5.75 Å². The Morgan fingerprint density at radius 2 is 1.78 bits per heavy atom. The number of hydrogen-bond donors (Lipinski definition) is 4. The van der Waals surface area contributed by atoms with Crippen LogP contribution in [0.15, 0.2) is 42.5 Å². The van der Waals surface area contributed by atoms with Gasteiger partial charge < -0.3 is 25.4 Å². The summed E-state index contributed by atoms with van der Waals surface area (Å²) in [5.74, 6) is -0.513. The van der Waals surface area contributed by atoms with Crippen molar-refractivity contribution in [1.82, 2.24) is 10.2 Å². The number of benzene rings is 2. The van der Waals surface area contributed by atoms with Gasteiger partial charge >= 0.3 is 6.09 Å². The van der Waals surface area contributed by atoms with Crippen LogP contribution in [0.25, 0.3) is 0 Å². The molecule has 0 radical (unpaired) electrons. The van der Waals surface area contributed by atoms with Crippen LogP contribution in [-0.2, 0) is 14.3 Å². The fourth-order valence-electron chi connectivity index (χ4n) is 4.19. The van der Waals surface area contributed by atoms with Crippen LogP contribution in [0.1, 0.15) is 56.8 Å². The Balaban J connectivity index is 2.02. The molecule has 9 heteroatoms. The highest BCUT2D eigenvalue weighted by atomic mass is 32.1. The lowest BCUT2D eigenvalue weighted by Crippen LogP contribution is -2.54. The number of phenols is 1. The van der Waals surface area contributed by atoms with Gasteiger partial charge in [0.15, 0.2) is 0 Å². The van der Waals surface area contributed by atoms with Crippen molar-refractivity contribution in [1.29, 1.82) is 0 Å². The van der Waals surface area contributed by atoms with Gasteiger partial charge in [-0.25, -0.2) is 4.79 Å². The van der Waals surface area contributed by atoms with Crippen LogP contribution in [0.4, 0.5) is 10.5 Å². The van der Waals surface area contributed by atoms with Gasteiger partial charge in [-0.1, -0.05) is 31.2 Å². The van der Waals surface area contributed by atoms with Crippen LogP contribution in [-0.4, -0.2) is 51.4 Å². The van der Waals surface area contributed by atoms with Crippen molar-refractivity contribution >= 4 is 36.2 Å². The lowest BCUT2D eigenvalue weighted by molar-refractivity contribution is -0.141. The number of aromatic hydroxyl groups is 1. The second-order valence-corrected chi connectivity index (χ2v) is 11.0. The number of anilines is 1. The third kappa shape index (κ3) is 7.19. The molecule has 1 aliphatic carbocycles. The number of rotatable bonds is 8. The first-order chi connectivity index (χ1) is 17.3. The molecule has 2 aromatic rings. The Labute approximate surface area is 224 Å². The molecule has 2 aromatic carbocycles. The van der Waals surface area contributed by atoms with Gasteiger partial charge in [0.25, 0.3) is 5.91 Å². The van der Waals surface area contributed by atoms with E-state index in [4.69, 9.17) is 4.74 Å². The van der Waals surface area contributed by atoms with Crippen molar-refractivity contribution < 1.29 is 24.2 Å². The van der Waals surface area contributed by atoms with Crippen molar-refractivity contribution in [2.45, 2.75) is 71.7 Å². The monoisotopic (exact) mass is 527 g/mol. The van der Waals surface area contributed by atoms with Crippen molar-refractivity contribution in [3.05, 3.63) is 59.2 Å². The number of nitrogens with one attached hydrogen (secondary N) is 2. The summed E-state index contributed by atoms with van der Waals surface area (Å²) in [4.78, 5) is 41.9. The molecule has 8 nitrogen and oxygen atoms in total. The number of amides is 3. The summed E-state index contributed by atoms with van der Waals surface area (Å²) in [6.45, 7) is 10.9. The predicted octanol–water partition coefficient (Wildman–Crippen LogP) is 4.75. The minimum Gasteiger partial charge on any atom is -0.508 e. The minimum atomic E-state index is -1.00. The van der Waals surface area contributed by atoms with E-state index in [1.54, 1.807) is 50.8 Å². The topological polar surface area (TPSA) is 108 Å². The second-order valence-electron chi connectivity index (χ2n) is 10.7. The number of carbonyl (C=O) groups excluding carboxylic acids is 3. The molecule has 3 amide bonds. The summed E-state index contributed by atoms with van der Waals surface area (Å²) >= 11 is 4.33. The molecular weight excluding hydrogens is 490 g/mol. The number of para-hydroxylation sites is 1. The van der Waals surface area contributed by atoms with Crippen LogP contribution in [0.2, 0.25) is 0 Å². The number of carbonyl (C=O) groups is 3. The van der Waals surface area contributed by atoms with E-state index < -0.39 is 29.7 Å². The molecule has 3 N–H and O–H groups in total. The Morgan fingerprint density at radius 3 is 2.32 bits per heavy atom. The van der Waals surface area contributed by atoms with Crippen molar-refractivity contribution in [2.75, 3.05) is 11.1 Å². The van der Waals surface area contributed by atoms with Crippen LogP contribution < -0.4 is 10.6 Å². The minimum absolute atomic E-state index is 0.0242. The third-order valence-corrected chi connectivity index (χ3v) is 6.68. The first-order valence-corrected chi connectivity index (χ1v) is 13.0. The average Bonchev–Trinajstić information content (AvgIpc) is 3.53. The first-order valence-electron chi connectivity index (χ1n) is 12.4. The lowest BCUT2D eigenvalue weighted by atomic mass is 9.99. The molecule has 3 rings (SSSR count). The number of thiol groups is 1. The van der Waals surface area contributed by atoms with Crippen molar-refractivity contribution in [2.24, 2.45) is 5.92 Å². The highest BCUT2D eigenvalue weighted by Crippen LogP contribution is 2.41. The van der Waals surface area contributed by atoms with Gasteiger partial charge in [-0.3, -0.25) is 9.59 Å². The molecule has 200 valence electrons. The zero-order valence-electron chi connectivity index (χ0n) is 22.2. The third-order valence-electron chi connectivity index (χ3n) is 6.32. The van der Waals surface area contributed by atoms with Crippen LogP contribution >= 0.6 is 12.6 Å². The maximum atomic E-state index is 14.0. The van der Waals surface area contributed by atoms with Crippen LogP contribution in [0, 0.1) is 19.8 Å². The van der Waals surface area contributed by atoms with Gasteiger partial charge in [0.1, 0.15) is 23.4 Å². The van der Waals surface area contributed by atoms with Gasteiger partial charge in [-0.2, -0.15) is 12.6 Å². The fraction of sp³-hybridized carbons (Fsp3) is 0.464. The summed E-state index contributed by atoms with van der Waals surface area (Å²) in [5.41, 5.74) is 1.93. The summed E-state index contributed by atoms with van der Waals surface area (Å²) < 4.78 is 5.35. The first kappa shape index (κ1) is 28.4. The lowest BCUT2D eigenvalue weighted by Gasteiger charge is -2.35. The highest BCUT2D eigenvalue weighted by molar-refractivity contribution is 7.80. The van der Waals surface area contributed by atoms with E-state index >= 15 is 0 Å².